The largest absolute Gasteiger partial charge is 0.463 e. The Bertz CT molecular complexity index is 190. The van der Waals surface area contributed by atoms with Crippen molar-refractivity contribution in [3.05, 3.63) is 12.2 Å². The van der Waals surface area contributed by atoms with Crippen LogP contribution in [-0.4, -0.2) is 12.6 Å². The lowest BCUT2D eigenvalue weighted by Crippen LogP contribution is -2.05. The first-order valence-corrected chi connectivity index (χ1v) is 5.68. The van der Waals surface area contributed by atoms with Crippen LogP contribution in [0.5, 0.6) is 0 Å². The SMILES string of the molecule is CCCOC(=O)C=CC1CCCCC1. The minimum atomic E-state index is -0.183. The molecular formula is C12H20O2. The van der Waals surface area contributed by atoms with Crippen molar-refractivity contribution in [3.63, 3.8) is 0 Å². The number of ether oxygens (including phenoxy) is 1. The second-order valence-corrected chi connectivity index (χ2v) is 3.92. The molecule has 80 valence electrons. The Labute approximate surface area is 86.3 Å². The summed E-state index contributed by atoms with van der Waals surface area (Å²) in [6, 6.07) is 0. The van der Waals surface area contributed by atoms with Crippen molar-refractivity contribution in [2.75, 3.05) is 6.61 Å². The summed E-state index contributed by atoms with van der Waals surface area (Å²) < 4.78 is 4.96. The molecule has 0 atom stereocenters. The van der Waals surface area contributed by atoms with E-state index in [0.717, 1.165) is 6.42 Å². The predicted octanol–water partition coefficient (Wildman–Crippen LogP) is 3.08. The van der Waals surface area contributed by atoms with E-state index in [2.05, 4.69) is 0 Å². The van der Waals surface area contributed by atoms with Gasteiger partial charge in [0, 0.05) is 6.08 Å². The third-order valence-corrected chi connectivity index (χ3v) is 2.60. The van der Waals surface area contributed by atoms with Crippen molar-refractivity contribution in [1.82, 2.24) is 0 Å². The fourth-order valence-electron chi connectivity index (χ4n) is 1.79. The molecule has 0 spiro atoms. The van der Waals surface area contributed by atoms with Gasteiger partial charge in [-0.05, 0) is 25.2 Å². The summed E-state index contributed by atoms with van der Waals surface area (Å²) in [5, 5.41) is 0. The standard InChI is InChI=1S/C12H20O2/c1-2-10-14-12(13)9-8-11-6-4-3-5-7-11/h8-9,11H,2-7,10H2,1H3. The van der Waals surface area contributed by atoms with Crippen LogP contribution in [0.25, 0.3) is 0 Å². The van der Waals surface area contributed by atoms with Gasteiger partial charge >= 0.3 is 5.97 Å². The molecule has 0 unspecified atom stereocenters. The van der Waals surface area contributed by atoms with E-state index in [0.29, 0.717) is 12.5 Å². The molecule has 0 N–H and O–H groups in total. The average Bonchev–Trinajstić information content (AvgIpc) is 2.25. The normalized spacial score (nSPS) is 18.6. The van der Waals surface area contributed by atoms with E-state index < -0.39 is 0 Å². The van der Waals surface area contributed by atoms with Gasteiger partial charge in [-0.15, -0.1) is 0 Å². The van der Waals surface area contributed by atoms with Gasteiger partial charge in [-0.3, -0.25) is 0 Å². The summed E-state index contributed by atoms with van der Waals surface area (Å²) in [4.78, 5) is 11.1. The van der Waals surface area contributed by atoms with Gasteiger partial charge in [0.25, 0.3) is 0 Å². The topological polar surface area (TPSA) is 26.3 Å². The predicted molar refractivity (Wildman–Crippen MR) is 57.0 cm³/mol. The fraction of sp³-hybridized carbons (Fsp3) is 0.750. The summed E-state index contributed by atoms with van der Waals surface area (Å²) in [7, 11) is 0. The van der Waals surface area contributed by atoms with Crippen molar-refractivity contribution >= 4 is 5.97 Å². The molecule has 0 amide bonds. The van der Waals surface area contributed by atoms with Gasteiger partial charge in [-0.2, -0.15) is 0 Å². The Hall–Kier alpha value is -0.790. The molecule has 0 bridgehead atoms. The molecule has 0 aliphatic heterocycles. The second-order valence-electron chi connectivity index (χ2n) is 3.92. The van der Waals surface area contributed by atoms with Crippen molar-refractivity contribution in [1.29, 1.82) is 0 Å². The maximum Gasteiger partial charge on any atom is 0.330 e. The van der Waals surface area contributed by atoms with Crippen LogP contribution in [0.2, 0.25) is 0 Å². The van der Waals surface area contributed by atoms with Crippen LogP contribution in [0, 0.1) is 5.92 Å². The van der Waals surface area contributed by atoms with Crippen LogP contribution in [0.15, 0.2) is 12.2 Å². The van der Waals surface area contributed by atoms with Gasteiger partial charge < -0.3 is 4.74 Å². The first-order valence-electron chi connectivity index (χ1n) is 5.68. The molecule has 0 aromatic heterocycles. The molecule has 1 fully saturated rings. The van der Waals surface area contributed by atoms with E-state index in [1.165, 1.54) is 32.1 Å². The van der Waals surface area contributed by atoms with Crippen molar-refractivity contribution < 1.29 is 9.53 Å². The van der Waals surface area contributed by atoms with E-state index >= 15 is 0 Å². The Morgan fingerprint density at radius 3 is 2.71 bits per heavy atom. The van der Waals surface area contributed by atoms with E-state index in [1.54, 1.807) is 6.08 Å². The summed E-state index contributed by atoms with van der Waals surface area (Å²) in [5.41, 5.74) is 0. The zero-order valence-electron chi connectivity index (χ0n) is 9.00. The van der Waals surface area contributed by atoms with Gasteiger partial charge in [0.1, 0.15) is 0 Å². The highest BCUT2D eigenvalue weighted by Gasteiger charge is 2.10. The van der Waals surface area contributed by atoms with E-state index in [4.69, 9.17) is 4.74 Å². The lowest BCUT2D eigenvalue weighted by atomic mass is 9.89. The third-order valence-electron chi connectivity index (χ3n) is 2.60. The van der Waals surface area contributed by atoms with Gasteiger partial charge in [0.15, 0.2) is 0 Å². The van der Waals surface area contributed by atoms with Crippen molar-refractivity contribution in [3.8, 4) is 0 Å². The molecule has 0 radical (unpaired) electrons. The zero-order valence-corrected chi connectivity index (χ0v) is 9.00. The molecule has 2 nitrogen and oxygen atoms in total. The molecule has 1 aliphatic carbocycles. The number of carbonyl (C=O) groups excluding carboxylic acids is 1. The van der Waals surface area contributed by atoms with E-state index in [-0.39, 0.29) is 5.97 Å². The van der Waals surface area contributed by atoms with Crippen LogP contribution in [-0.2, 0) is 9.53 Å². The summed E-state index contributed by atoms with van der Waals surface area (Å²) in [5.74, 6) is 0.426. The second kappa shape index (κ2) is 6.63. The number of hydrogen-bond acceptors (Lipinski definition) is 2. The number of hydrogen-bond donors (Lipinski definition) is 0. The molecule has 0 aromatic carbocycles. The molecule has 1 rings (SSSR count). The smallest absolute Gasteiger partial charge is 0.330 e. The minimum absolute atomic E-state index is 0.183. The third kappa shape index (κ3) is 4.45. The number of carbonyl (C=O) groups is 1. The molecule has 14 heavy (non-hydrogen) atoms. The molecule has 1 aliphatic rings. The Balaban J connectivity index is 2.20. The summed E-state index contributed by atoms with van der Waals surface area (Å²) in [6.45, 7) is 2.53. The average molecular weight is 196 g/mol. The Kier molecular flexibility index (Phi) is 5.35. The highest BCUT2D eigenvalue weighted by Crippen LogP contribution is 2.24. The van der Waals surface area contributed by atoms with Crippen LogP contribution in [0.4, 0.5) is 0 Å². The minimum Gasteiger partial charge on any atom is -0.463 e. The van der Waals surface area contributed by atoms with Crippen LogP contribution < -0.4 is 0 Å². The lowest BCUT2D eigenvalue weighted by molar-refractivity contribution is -0.137. The first kappa shape index (κ1) is 11.3. The zero-order chi connectivity index (χ0) is 10.2. The van der Waals surface area contributed by atoms with Crippen LogP contribution in [0.1, 0.15) is 45.4 Å². The lowest BCUT2D eigenvalue weighted by Gasteiger charge is -2.17. The molecule has 0 aromatic rings. The fourth-order valence-corrected chi connectivity index (χ4v) is 1.79. The van der Waals surface area contributed by atoms with Crippen LogP contribution >= 0.6 is 0 Å². The van der Waals surface area contributed by atoms with E-state index in [1.807, 2.05) is 13.0 Å². The van der Waals surface area contributed by atoms with Crippen LogP contribution in [0.3, 0.4) is 0 Å². The molecule has 2 heteroatoms. The maximum atomic E-state index is 11.1. The Morgan fingerprint density at radius 2 is 2.07 bits per heavy atom. The highest BCUT2D eigenvalue weighted by molar-refractivity contribution is 5.81. The van der Waals surface area contributed by atoms with E-state index in [9.17, 15) is 4.79 Å². The number of esters is 1. The first-order chi connectivity index (χ1) is 6.83. The summed E-state index contributed by atoms with van der Waals surface area (Å²) >= 11 is 0. The molecular weight excluding hydrogens is 176 g/mol. The Morgan fingerprint density at radius 1 is 1.36 bits per heavy atom. The molecule has 0 saturated heterocycles. The van der Waals surface area contributed by atoms with Gasteiger partial charge in [-0.1, -0.05) is 32.3 Å². The van der Waals surface area contributed by atoms with Crippen molar-refractivity contribution in [2.45, 2.75) is 45.4 Å². The van der Waals surface area contributed by atoms with Gasteiger partial charge in [-0.25, -0.2) is 4.79 Å². The molecule has 1 saturated carbocycles. The van der Waals surface area contributed by atoms with Gasteiger partial charge in [0.2, 0.25) is 0 Å². The maximum absolute atomic E-state index is 11.1. The quantitative estimate of drug-likeness (QED) is 0.510. The number of rotatable bonds is 4. The molecule has 0 heterocycles. The van der Waals surface area contributed by atoms with Gasteiger partial charge in [0.05, 0.1) is 6.61 Å². The monoisotopic (exact) mass is 196 g/mol. The summed E-state index contributed by atoms with van der Waals surface area (Å²) in [6.07, 6.45) is 10.9. The number of allylic oxidation sites excluding steroid dienone is 1. The highest BCUT2D eigenvalue weighted by atomic mass is 16.5. The van der Waals surface area contributed by atoms with Crippen molar-refractivity contribution in [2.24, 2.45) is 5.92 Å².